The summed E-state index contributed by atoms with van der Waals surface area (Å²) in [5.41, 5.74) is 7.44. The van der Waals surface area contributed by atoms with Crippen LogP contribution in [0.25, 0.3) is 0 Å². The minimum atomic E-state index is -3.13. The standard InChI is InChI=1S/C16H23N3O4S/c1-11-13-6-5-12(10-15(13)24(21,22)19-11)9-14(23-2)16(20)18-8-4-3-7-17/h3-6,10,14,21-22H,7-9,17H2,1-2H3,(H,18,20)/b4-3+/t14-/m0/s1. The van der Waals surface area contributed by atoms with Crippen molar-refractivity contribution in [1.29, 1.82) is 0 Å². The van der Waals surface area contributed by atoms with Gasteiger partial charge in [-0.15, -0.1) is 0 Å². The van der Waals surface area contributed by atoms with Crippen molar-refractivity contribution in [2.24, 2.45) is 10.1 Å². The number of nitrogens with two attached hydrogens (primary N) is 1. The van der Waals surface area contributed by atoms with Crippen LogP contribution < -0.4 is 11.1 Å². The van der Waals surface area contributed by atoms with E-state index < -0.39 is 16.9 Å². The Kier molecular flexibility index (Phi) is 6.14. The van der Waals surface area contributed by atoms with Crippen LogP contribution in [0, 0.1) is 0 Å². The number of rotatable bonds is 7. The maximum atomic E-state index is 12.1. The quantitative estimate of drug-likeness (QED) is 0.557. The van der Waals surface area contributed by atoms with Gasteiger partial charge in [-0.2, -0.15) is 4.40 Å². The van der Waals surface area contributed by atoms with Gasteiger partial charge in [-0.25, -0.2) is 0 Å². The molecule has 0 spiro atoms. The van der Waals surface area contributed by atoms with E-state index in [0.29, 0.717) is 30.1 Å². The lowest BCUT2D eigenvalue weighted by Gasteiger charge is -2.24. The number of hydrogen-bond acceptors (Lipinski definition) is 6. The second kappa shape index (κ2) is 7.91. The van der Waals surface area contributed by atoms with Crippen LogP contribution in [0.4, 0.5) is 0 Å². The van der Waals surface area contributed by atoms with Crippen LogP contribution in [0.5, 0.6) is 0 Å². The van der Waals surface area contributed by atoms with Crippen molar-refractivity contribution in [3.63, 3.8) is 0 Å². The summed E-state index contributed by atoms with van der Waals surface area (Å²) >= 11 is 0. The van der Waals surface area contributed by atoms with Crippen LogP contribution in [0.15, 0.2) is 39.6 Å². The van der Waals surface area contributed by atoms with Gasteiger partial charge in [-0.05, 0) is 18.6 Å². The van der Waals surface area contributed by atoms with Crippen molar-refractivity contribution < 1.29 is 18.6 Å². The molecule has 1 amide bonds. The van der Waals surface area contributed by atoms with E-state index in [4.69, 9.17) is 10.5 Å². The van der Waals surface area contributed by atoms with E-state index in [9.17, 15) is 13.9 Å². The molecule has 0 aliphatic carbocycles. The molecule has 7 nitrogen and oxygen atoms in total. The van der Waals surface area contributed by atoms with E-state index in [1.54, 1.807) is 31.2 Å². The number of ether oxygens (including phenoxy) is 1. The fourth-order valence-corrected chi connectivity index (χ4v) is 3.86. The topological polar surface area (TPSA) is 117 Å². The Balaban J connectivity index is 2.07. The molecule has 1 aliphatic rings. The van der Waals surface area contributed by atoms with Gasteiger partial charge in [0.15, 0.2) is 0 Å². The van der Waals surface area contributed by atoms with Gasteiger partial charge in [-0.3, -0.25) is 13.9 Å². The number of methoxy groups -OCH3 is 1. The third-order valence-electron chi connectivity index (χ3n) is 3.69. The summed E-state index contributed by atoms with van der Waals surface area (Å²) in [7, 11) is -1.67. The fraction of sp³-hybridized carbons (Fsp3) is 0.375. The van der Waals surface area contributed by atoms with Crippen molar-refractivity contribution >= 4 is 22.4 Å². The summed E-state index contributed by atoms with van der Waals surface area (Å²) in [4.78, 5) is 12.5. The zero-order valence-electron chi connectivity index (χ0n) is 13.7. The van der Waals surface area contributed by atoms with Crippen LogP contribution in [0.3, 0.4) is 0 Å². The van der Waals surface area contributed by atoms with Gasteiger partial charge >= 0.3 is 0 Å². The smallest absolute Gasteiger partial charge is 0.249 e. The Morgan fingerprint density at radius 2 is 2.21 bits per heavy atom. The van der Waals surface area contributed by atoms with Crippen LogP contribution in [-0.4, -0.2) is 47.0 Å². The molecule has 0 fully saturated rings. The first kappa shape index (κ1) is 18.6. The Morgan fingerprint density at radius 3 is 2.88 bits per heavy atom. The van der Waals surface area contributed by atoms with Gasteiger partial charge in [0.2, 0.25) is 5.91 Å². The highest BCUT2D eigenvalue weighted by molar-refractivity contribution is 8.23. The molecule has 1 aromatic carbocycles. The van der Waals surface area contributed by atoms with E-state index >= 15 is 0 Å². The molecule has 2 rings (SSSR count). The highest BCUT2D eigenvalue weighted by atomic mass is 32.3. The molecule has 1 atom stereocenters. The number of nitrogens with zero attached hydrogens (tertiary/aromatic N) is 1. The monoisotopic (exact) mass is 353 g/mol. The van der Waals surface area contributed by atoms with E-state index in [1.165, 1.54) is 7.11 Å². The molecule has 0 bridgehead atoms. The molecule has 5 N–H and O–H groups in total. The summed E-state index contributed by atoms with van der Waals surface area (Å²) in [6.45, 7) is 2.54. The normalized spacial score (nSPS) is 18.1. The molecule has 24 heavy (non-hydrogen) atoms. The maximum Gasteiger partial charge on any atom is 0.249 e. The first-order chi connectivity index (χ1) is 11.4. The van der Waals surface area contributed by atoms with Gasteiger partial charge < -0.3 is 15.8 Å². The molecule has 0 saturated heterocycles. The summed E-state index contributed by atoms with van der Waals surface area (Å²) in [5.74, 6) is -0.237. The Labute approximate surface area is 143 Å². The zero-order chi connectivity index (χ0) is 17.7. The summed E-state index contributed by atoms with van der Waals surface area (Å²) in [6, 6.07) is 5.31. The molecule has 0 unspecified atom stereocenters. The second-order valence-electron chi connectivity index (χ2n) is 5.41. The van der Waals surface area contributed by atoms with E-state index in [1.807, 2.05) is 6.07 Å². The predicted molar refractivity (Wildman–Crippen MR) is 95.5 cm³/mol. The van der Waals surface area contributed by atoms with Crippen molar-refractivity contribution in [2.45, 2.75) is 24.3 Å². The van der Waals surface area contributed by atoms with Gasteiger partial charge in [0.25, 0.3) is 0 Å². The Hall–Kier alpha value is -1.71. The van der Waals surface area contributed by atoms with Crippen molar-refractivity contribution in [3.8, 4) is 0 Å². The summed E-state index contributed by atoms with van der Waals surface area (Å²) < 4.78 is 29.2. The van der Waals surface area contributed by atoms with Crippen molar-refractivity contribution in [1.82, 2.24) is 5.32 Å². The number of nitrogens with one attached hydrogen (secondary N) is 1. The Morgan fingerprint density at radius 1 is 1.46 bits per heavy atom. The molecule has 0 radical (unpaired) electrons. The summed E-state index contributed by atoms with van der Waals surface area (Å²) in [5, 5.41) is 2.74. The van der Waals surface area contributed by atoms with Crippen LogP contribution in [-0.2, 0) is 16.0 Å². The third-order valence-corrected chi connectivity index (χ3v) is 5.15. The van der Waals surface area contributed by atoms with Crippen LogP contribution in [0.2, 0.25) is 0 Å². The molecular weight excluding hydrogens is 330 g/mol. The van der Waals surface area contributed by atoms with Crippen molar-refractivity contribution in [3.05, 3.63) is 41.5 Å². The first-order valence-electron chi connectivity index (χ1n) is 7.52. The molecule has 8 heteroatoms. The number of amides is 1. The zero-order valence-corrected chi connectivity index (χ0v) is 14.5. The lowest BCUT2D eigenvalue weighted by atomic mass is 10.0. The molecular formula is C16H23N3O4S. The number of hydrogen-bond donors (Lipinski definition) is 4. The van der Waals surface area contributed by atoms with Gasteiger partial charge in [-0.1, -0.05) is 35.1 Å². The molecule has 0 saturated carbocycles. The molecule has 1 aromatic rings. The largest absolute Gasteiger partial charge is 0.371 e. The third kappa shape index (κ3) is 4.22. The second-order valence-corrected chi connectivity index (χ2v) is 7.07. The average Bonchev–Trinajstić information content (AvgIpc) is 2.78. The van der Waals surface area contributed by atoms with Crippen LogP contribution >= 0.6 is 10.8 Å². The highest BCUT2D eigenvalue weighted by Crippen LogP contribution is 2.55. The van der Waals surface area contributed by atoms with Gasteiger partial charge in [0, 0.05) is 32.2 Å². The lowest BCUT2D eigenvalue weighted by molar-refractivity contribution is -0.130. The number of carbonyl (C=O) groups is 1. The minimum Gasteiger partial charge on any atom is -0.371 e. The fourth-order valence-electron chi connectivity index (χ4n) is 2.46. The highest BCUT2D eigenvalue weighted by Gasteiger charge is 2.28. The number of benzene rings is 1. The van der Waals surface area contributed by atoms with E-state index in [-0.39, 0.29) is 5.91 Å². The average molecular weight is 353 g/mol. The van der Waals surface area contributed by atoms with Crippen molar-refractivity contribution in [2.75, 3.05) is 20.2 Å². The van der Waals surface area contributed by atoms with E-state index in [2.05, 4.69) is 9.71 Å². The number of fused-ring (bicyclic) bond motifs is 1. The first-order valence-corrected chi connectivity index (χ1v) is 9.03. The molecule has 1 aliphatic heterocycles. The lowest BCUT2D eigenvalue weighted by Crippen LogP contribution is -2.37. The maximum absolute atomic E-state index is 12.1. The SMILES string of the molecule is CO[C@@H](Cc1ccc2c(c1)S(O)(O)N=C2C)C(=O)NC/C=C/CN. The van der Waals surface area contributed by atoms with Crippen LogP contribution in [0.1, 0.15) is 18.1 Å². The number of carbonyl (C=O) groups excluding carboxylic acids is 1. The predicted octanol–water partition coefficient (Wildman–Crippen LogP) is 1.72. The van der Waals surface area contributed by atoms with E-state index in [0.717, 1.165) is 11.1 Å². The summed E-state index contributed by atoms with van der Waals surface area (Å²) in [6.07, 6.45) is 3.19. The molecule has 0 aromatic heterocycles. The van der Waals surface area contributed by atoms with Gasteiger partial charge in [0.05, 0.1) is 10.6 Å². The molecule has 1 heterocycles. The van der Waals surface area contributed by atoms with Gasteiger partial charge in [0.1, 0.15) is 6.10 Å². The Bertz CT molecular complexity index is 673. The molecule has 132 valence electrons. The minimum absolute atomic E-state index is 0.237.